The fourth-order valence-electron chi connectivity index (χ4n) is 1.80. The van der Waals surface area contributed by atoms with E-state index in [0.29, 0.717) is 0 Å². The summed E-state index contributed by atoms with van der Waals surface area (Å²) in [6.07, 6.45) is -7.59. The summed E-state index contributed by atoms with van der Waals surface area (Å²) in [5.41, 5.74) is 0. The van der Waals surface area contributed by atoms with Crippen LogP contribution in [0.15, 0.2) is 0 Å². The second-order valence-corrected chi connectivity index (χ2v) is 9.02. The van der Waals surface area contributed by atoms with Crippen LogP contribution in [0.1, 0.15) is 6.42 Å². The van der Waals surface area contributed by atoms with Crippen LogP contribution in [0, 0.1) is 0 Å². The highest BCUT2D eigenvalue weighted by atomic mass is 32.2. The summed E-state index contributed by atoms with van der Waals surface area (Å²) in [6, 6.07) is 0. The maximum Gasteiger partial charge on any atom is 0.460 e. The summed E-state index contributed by atoms with van der Waals surface area (Å²) in [4.78, 5) is 0. The third-order valence-corrected chi connectivity index (χ3v) is 5.45. The van der Waals surface area contributed by atoms with E-state index in [4.69, 9.17) is 0 Å². The van der Waals surface area contributed by atoms with Gasteiger partial charge in [-0.1, -0.05) is 0 Å². The van der Waals surface area contributed by atoms with Crippen molar-refractivity contribution in [3.05, 3.63) is 0 Å². The van der Waals surface area contributed by atoms with Gasteiger partial charge in [-0.15, -0.1) is 0 Å². The second kappa shape index (κ2) is 7.41. The third kappa shape index (κ3) is 4.47. The molecule has 0 aromatic rings. The van der Waals surface area contributed by atoms with Crippen LogP contribution in [-0.4, -0.2) is 87.7 Å². The van der Waals surface area contributed by atoms with Crippen molar-refractivity contribution in [2.45, 2.75) is 35.6 Å². The van der Waals surface area contributed by atoms with E-state index < -0.39 is 50.1 Å². The van der Waals surface area contributed by atoms with E-state index in [-0.39, 0.29) is 24.5 Å². The Bertz CT molecular complexity index is 653. The molecule has 0 N–H and O–H groups in total. The van der Waals surface area contributed by atoms with E-state index in [1.165, 1.54) is 0 Å². The minimum absolute atomic E-state index is 0.101. The van der Waals surface area contributed by atoms with Gasteiger partial charge in [-0.2, -0.15) is 52.6 Å². The topological polar surface area (TPSA) is 37.4 Å². The van der Waals surface area contributed by atoms with Crippen molar-refractivity contribution < 1.29 is 61.2 Å². The van der Waals surface area contributed by atoms with Gasteiger partial charge in [-0.25, -0.2) is 8.42 Å². The van der Waals surface area contributed by atoms with Gasteiger partial charge in [0.1, 0.15) is 0 Å². The molecule has 0 rings (SSSR count). The average Bonchev–Trinajstić information content (AvgIpc) is 2.43. The summed E-state index contributed by atoms with van der Waals surface area (Å²) < 4.78 is 165. The van der Waals surface area contributed by atoms with Gasteiger partial charge in [0, 0.05) is 20.0 Å². The van der Waals surface area contributed by atoms with Gasteiger partial charge < -0.3 is 4.48 Å². The van der Waals surface area contributed by atoms with E-state index in [0.717, 1.165) is 0 Å². The first-order valence-electron chi connectivity index (χ1n) is 7.22. The Morgan fingerprint density at radius 3 is 1.46 bits per heavy atom. The van der Waals surface area contributed by atoms with Crippen molar-refractivity contribution in [2.75, 3.05) is 41.3 Å². The van der Waals surface area contributed by atoms with Gasteiger partial charge in [0.05, 0.1) is 27.7 Å². The number of quaternary nitrogens is 1. The zero-order chi connectivity index (χ0) is 23.2. The molecule has 0 spiro atoms. The van der Waals surface area contributed by atoms with Crippen LogP contribution in [0.25, 0.3) is 0 Å². The van der Waals surface area contributed by atoms with Crippen LogP contribution in [0.2, 0.25) is 0 Å². The Morgan fingerprint density at radius 1 is 0.750 bits per heavy atom. The summed E-state index contributed by atoms with van der Waals surface area (Å²) in [6.45, 7) is -0.811. The molecule has 0 fully saturated rings. The number of hydrogen-bond donors (Lipinski definition) is 0. The quantitative estimate of drug-likeness (QED) is 0.389. The summed E-state index contributed by atoms with van der Waals surface area (Å²) in [7, 11) is -1.73. The van der Waals surface area contributed by atoms with E-state index in [1.807, 2.05) is 0 Å². The van der Waals surface area contributed by atoms with Crippen LogP contribution in [0.3, 0.4) is 0 Å². The molecular formula is C12H18F11N2O2S+. The molecule has 0 amide bonds. The van der Waals surface area contributed by atoms with E-state index in [1.54, 1.807) is 21.1 Å². The van der Waals surface area contributed by atoms with Crippen molar-refractivity contribution in [1.29, 1.82) is 0 Å². The lowest BCUT2D eigenvalue weighted by atomic mass is 10.0. The third-order valence-electron chi connectivity index (χ3n) is 3.55. The van der Waals surface area contributed by atoms with Crippen LogP contribution >= 0.6 is 0 Å². The number of rotatable bonds is 9. The molecule has 0 aromatic carbocycles. The Kier molecular flexibility index (Phi) is 7.17. The fraction of sp³-hybridized carbons (Fsp3) is 1.00. The SMILES string of the molecule is CN(CCC[N+](C)(C)C)S(=O)(=O)C(F)(F)C(F)(F)C(F)(F)C(F)(F)C(F)(F)F. The molecule has 0 aliphatic heterocycles. The maximum atomic E-state index is 13.7. The van der Waals surface area contributed by atoms with Crippen molar-refractivity contribution >= 4 is 10.0 Å². The van der Waals surface area contributed by atoms with Gasteiger partial charge >= 0.3 is 29.2 Å². The average molecular weight is 463 g/mol. The molecule has 0 unspecified atom stereocenters. The van der Waals surface area contributed by atoms with Gasteiger partial charge in [0.2, 0.25) is 0 Å². The number of sulfonamides is 1. The predicted octanol–water partition coefficient (Wildman–Crippen LogP) is 3.41. The van der Waals surface area contributed by atoms with Gasteiger partial charge in [0.15, 0.2) is 0 Å². The molecule has 0 aromatic heterocycles. The predicted molar refractivity (Wildman–Crippen MR) is 74.9 cm³/mol. The highest BCUT2D eigenvalue weighted by Gasteiger charge is 2.89. The number of alkyl halides is 11. The normalized spacial score (nSPS) is 16.0. The molecule has 16 heteroatoms. The minimum Gasteiger partial charge on any atom is -0.331 e. The molecule has 0 saturated heterocycles. The number of nitrogens with zero attached hydrogens (tertiary/aromatic N) is 2. The number of hydrogen-bond acceptors (Lipinski definition) is 2. The Labute approximate surface area is 153 Å². The van der Waals surface area contributed by atoms with Crippen molar-refractivity contribution in [2.24, 2.45) is 0 Å². The Balaban J connectivity index is 5.99. The minimum atomic E-state index is -7.77. The molecule has 170 valence electrons. The highest BCUT2D eigenvalue weighted by molar-refractivity contribution is 7.90. The molecule has 4 nitrogen and oxygen atoms in total. The van der Waals surface area contributed by atoms with Gasteiger partial charge in [0.25, 0.3) is 10.0 Å². The van der Waals surface area contributed by atoms with Crippen LogP contribution in [0.5, 0.6) is 0 Å². The molecule has 0 bridgehead atoms. The van der Waals surface area contributed by atoms with Crippen LogP contribution in [0.4, 0.5) is 48.3 Å². The van der Waals surface area contributed by atoms with Crippen LogP contribution in [-0.2, 0) is 10.0 Å². The largest absolute Gasteiger partial charge is 0.460 e. The first-order valence-corrected chi connectivity index (χ1v) is 8.66. The fourth-order valence-corrected chi connectivity index (χ4v) is 3.02. The van der Waals surface area contributed by atoms with Gasteiger partial charge in [-0.05, 0) is 0 Å². The zero-order valence-corrected chi connectivity index (χ0v) is 15.7. The first-order chi connectivity index (χ1) is 11.9. The summed E-state index contributed by atoms with van der Waals surface area (Å²) in [5, 5.41) is -6.97. The maximum absolute atomic E-state index is 13.7. The van der Waals surface area contributed by atoms with E-state index in [2.05, 4.69) is 0 Å². The van der Waals surface area contributed by atoms with Crippen molar-refractivity contribution in [1.82, 2.24) is 4.31 Å². The number of halogens is 11. The monoisotopic (exact) mass is 463 g/mol. The molecule has 0 saturated carbocycles. The zero-order valence-electron chi connectivity index (χ0n) is 14.9. The summed E-state index contributed by atoms with van der Waals surface area (Å²) in [5.74, 6) is -23.0. The molecule has 28 heavy (non-hydrogen) atoms. The molecule has 0 heterocycles. The Hall–Kier alpha value is -0.900. The summed E-state index contributed by atoms with van der Waals surface area (Å²) >= 11 is 0. The highest BCUT2D eigenvalue weighted by Crippen LogP contribution is 2.58. The molecule has 0 atom stereocenters. The van der Waals surface area contributed by atoms with E-state index >= 15 is 0 Å². The van der Waals surface area contributed by atoms with E-state index in [9.17, 15) is 56.7 Å². The van der Waals surface area contributed by atoms with Crippen molar-refractivity contribution in [3.63, 3.8) is 0 Å². The standard InChI is InChI=1S/C12H18F11N2O2S/c1-24(6-5-7-25(2,3)4)28(26,27)12(22,23)10(17,18)8(13,14)9(15,16)11(19,20)21/h5-7H2,1-4H3/q+1. The smallest absolute Gasteiger partial charge is 0.331 e. The molecular weight excluding hydrogens is 445 g/mol. The second-order valence-electron chi connectivity index (χ2n) is 6.93. The lowest BCUT2D eigenvalue weighted by Gasteiger charge is -2.37. The lowest BCUT2D eigenvalue weighted by Crippen LogP contribution is -2.69. The van der Waals surface area contributed by atoms with Gasteiger partial charge in [-0.3, -0.25) is 0 Å². The lowest BCUT2D eigenvalue weighted by molar-refractivity contribution is -0.870. The molecule has 0 aliphatic rings. The van der Waals surface area contributed by atoms with Crippen LogP contribution < -0.4 is 0 Å². The van der Waals surface area contributed by atoms with Crippen molar-refractivity contribution in [3.8, 4) is 0 Å². The first kappa shape index (κ1) is 27.1. The molecule has 0 radical (unpaired) electrons. The molecule has 0 aliphatic carbocycles. The Morgan fingerprint density at radius 2 is 1.14 bits per heavy atom.